The van der Waals surface area contributed by atoms with E-state index in [-0.39, 0.29) is 18.4 Å². The van der Waals surface area contributed by atoms with E-state index in [0.29, 0.717) is 24.8 Å². The first-order valence-electron chi connectivity index (χ1n) is 7.29. The molecule has 0 N–H and O–H groups in total. The Morgan fingerprint density at radius 2 is 2.22 bits per heavy atom. The molecular weight excluding hydrogens is 296 g/mol. The number of amides is 1. The maximum atomic E-state index is 12.1. The lowest BCUT2D eigenvalue weighted by Crippen LogP contribution is -2.49. The van der Waals surface area contributed by atoms with Crippen LogP contribution in [0.2, 0.25) is 0 Å². The first-order valence-corrected chi connectivity index (χ1v) is 7.29. The topological polar surface area (TPSA) is 89.9 Å². The van der Waals surface area contributed by atoms with Crippen LogP contribution in [-0.2, 0) is 11.3 Å². The van der Waals surface area contributed by atoms with Gasteiger partial charge in [-0.3, -0.25) is 14.5 Å². The van der Waals surface area contributed by atoms with Crippen LogP contribution in [-0.4, -0.2) is 48.8 Å². The van der Waals surface area contributed by atoms with E-state index in [2.05, 4.69) is 20.2 Å². The number of pyridine rings is 1. The van der Waals surface area contributed by atoms with Gasteiger partial charge in [-0.05, 0) is 18.2 Å². The van der Waals surface area contributed by atoms with Crippen molar-refractivity contribution in [3.63, 3.8) is 0 Å². The first-order chi connectivity index (χ1) is 11.3. The van der Waals surface area contributed by atoms with Crippen LogP contribution in [0.25, 0.3) is 11.4 Å². The highest BCUT2D eigenvalue weighted by Gasteiger charge is 2.35. The highest BCUT2D eigenvalue weighted by molar-refractivity contribution is 5.77. The molecule has 3 aromatic rings. The molecule has 0 aromatic carbocycles. The first kappa shape index (κ1) is 13.6. The van der Waals surface area contributed by atoms with Gasteiger partial charge >= 0.3 is 0 Å². The molecule has 8 heteroatoms. The minimum atomic E-state index is 0.0388. The van der Waals surface area contributed by atoms with Gasteiger partial charge in [-0.2, -0.15) is 10.1 Å². The lowest BCUT2D eigenvalue weighted by atomic mass is 10.00. The van der Waals surface area contributed by atoms with Gasteiger partial charge in [0.15, 0.2) is 0 Å². The van der Waals surface area contributed by atoms with Gasteiger partial charge in [0.05, 0.1) is 5.92 Å². The summed E-state index contributed by atoms with van der Waals surface area (Å²) in [7, 11) is 0. The summed E-state index contributed by atoms with van der Waals surface area (Å²) in [6.07, 6.45) is 6.81. The molecule has 1 fully saturated rings. The smallest absolute Gasteiger partial charge is 0.244 e. The van der Waals surface area contributed by atoms with Gasteiger partial charge in [0, 0.05) is 43.4 Å². The summed E-state index contributed by atoms with van der Waals surface area (Å²) in [5, 5.41) is 8.01. The summed E-state index contributed by atoms with van der Waals surface area (Å²) in [4.78, 5) is 22.3. The number of hydrogen-bond acceptors (Lipinski definition) is 6. The Balaban J connectivity index is 1.37. The Hall–Kier alpha value is -3.03. The SMILES string of the molecule is O=C(Cn1cccn1)N1CC(c2nc(-c3cccnc3)no2)C1. The largest absolute Gasteiger partial charge is 0.339 e. The molecule has 0 unspecified atom stereocenters. The third-order valence-corrected chi connectivity index (χ3v) is 3.80. The van der Waals surface area contributed by atoms with Gasteiger partial charge in [0.2, 0.25) is 17.6 Å². The van der Waals surface area contributed by atoms with Crippen LogP contribution < -0.4 is 0 Å². The quantitative estimate of drug-likeness (QED) is 0.713. The van der Waals surface area contributed by atoms with E-state index < -0.39 is 0 Å². The molecule has 0 bridgehead atoms. The molecule has 0 aliphatic carbocycles. The molecular formula is C15H14N6O2. The minimum Gasteiger partial charge on any atom is -0.339 e. The van der Waals surface area contributed by atoms with Crippen molar-refractivity contribution < 1.29 is 9.32 Å². The standard InChI is InChI=1S/C15H14N6O2/c22-13(10-21-6-2-5-17-21)20-8-12(9-20)15-18-14(19-23-15)11-3-1-4-16-7-11/h1-7,12H,8-10H2. The molecule has 3 aromatic heterocycles. The van der Waals surface area contributed by atoms with Crippen LogP contribution >= 0.6 is 0 Å². The van der Waals surface area contributed by atoms with Gasteiger partial charge in [0.25, 0.3) is 0 Å². The van der Waals surface area contributed by atoms with E-state index >= 15 is 0 Å². The van der Waals surface area contributed by atoms with E-state index in [1.807, 2.05) is 12.1 Å². The number of hydrogen-bond donors (Lipinski definition) is 0. The third-order valence-electron chi connectivity index (χ3n) is 3.80. The average Bonchev–Trinajstić information content (AvgIpc) is 3.18. The zero-order chi connectivity index (χ0) is 15.6. The van der Waals surface area contributed by atoms with Crippen molar-refractivity contribution in [3.8, 4) is 11.4 Å². The number of carbonyl (C=O) groups excluding carboxylic acids is 1. The summed E-state index contributed by atoms with van der Waals surface area (Å²) in [6.45, 7) is 1.44. The number of rotatable bonds is 4. The Morgan fingerprint density at radius 1 is 1.30 bits per heavy atom. The van der Waals surface area contributed by atoms with E-state index in [0.717, 1.165) is 5.56 Å². The van der Waals surface area contributed by atoms with Gasteiger partial charge in [0.1, 0.15) is 6.54 Å². The van der Waals surface area contributed by atoms with Gasteiger partial charge in [-0.25, -0.2) is 0 Å². The molecule has 0 spiro atoms. The zero-order valence-corrected chi connectivity index (χ0v) is 12.2. The van der Waals surface area contributed by atoms with Crippen LogP contribution in [0.5, 0.6) is 0 Å². The lowest BCUT2D eigenvalue weighted by molar-refractivity contribution is -0.136. The lowest BCUT2D eigenvalue weighted by Gasteiger charge is -2.37. The fraction of sp³-hybridized carbons (Fsp3) is 0.267. The Kier molecular flexibility index (Phi) is 3.34. The fourth-order valence-corrected chi connectivity index (χ4v) is 2.48. The predicted octanol–water partition coefficient (Wildman–Crippen LogP) is 0.954. The van der Waals surface area contributed by atoms with Crippen LogP contribution in [0.15, 0.2) is 47.5 Å². The molecule has 23 heavy (non-hydrogen) atoms. The monoisotopic (exact) mass is 310 g/mol. The molecule has 1 aliphatic heterocycles. The molecule has 4 heterocycles. The van der Waals surface area contributed by atoms with Crippen LogP contribution in [0, 0.1) is 0 Å². The molecule has 116 valence electrons. The molecule has 1 aliphatic rings. The minimum absolute atomic E-state index is 0.0388. The van der Waals surface area contributed by atoms with Crippen molar-refractivity contribution in [2.45, 2.75) is 12.5 Å². The van der Waals surface area contributed by atoms with Crippen molar-refractivity contribution in [2.75, 3.05) is 13.1 Å². The number of likely N-dealkylation sites (tertiary alicyclic amines) is 1. The Labute approximate surface area is 131 Å². The predicted molar refractivity (Wildman–Crippen MR) is 79.1 cm³/mol. The van der Waals surface area contributed by atoms with Crippen molar-refractivity contribution in [3.05, 3.63) is 48.9 Å². The van der Waals surface area contributed by atoms with Crippen molar-refractivity contribution >= 4 is 5.91 Å². The average molecular weight is 310 g/mol. The van der Waals surface area contributed by atoms with Crippen molar-refractivity contribution in [1.29, 1.82) is 0 Å². The highest BCUT2D eigenvalue weighted by Crippen LogP contribution is 2.27. The van der Waals surface area contributed by atoms with E-state index in [1.54, 1.807) is 40.4 Å². The van der Waals surface area contributed by atoms with Gasteiger partial charge < -0.3 is 9.42 Å². The third kappa shape index (κ3) is 2.70. The molecule has 4 rings (SSSR count). The number of carbonyl (C=O) groups is 1. The second-order valence-electron chi connectivity index (χ2n) is 5.40. The van der Waals surface area contributed by atoms with E-state index in [1.165, 1.54) is 0 Å². The highest BCUT2D eigenvalue weighted by atomic mass is 16.5. The number of nitrogens with zero attached hydrogens (tertiary/aromatic N) is 6. The van der Waals surface area contributed by atoms with Gasteiger partial charge in [-0.15, -0.1) is 0 Å². The molecule has 0 atom stereocenters. The van der Waals surface area contributed by atoms with E-state index in [9.17, 15) is 4.79 Å². The Bertz CT molecular complexity index is 793. The summed E-state index contributed by atoms with van der Waals surface area (Å²) in [6, 6.07) is 5.50. The summed E-state index contributed by atoms with van der Waals surface area (Å²) < 4.78 is 6.93. The maximum Gasteiger partial charge on any atom is 0.244 e. The van der Waals surface area contributed by atoms with Crippen LogP contribution in [0.1, 0.15) is 11.8 Å². The molecule has 0 saturated carbocycles. The number of aromatic nitrogens is 5. The molecule has 1 amide bonds. The van der Waals surface area contributed by atoms with Crippen molar-refractivity contribution in [2.24, 2.45) is 0 Å². The summed E-state index contributed by atoms with van der Waals surface area (Å²) in [5.41, 5.74) is 0.813. The molecule has 8 nitrogen and oxygen atoms in total. The summed E-state index contributed by atoms with van der Waals surface area (Å²) >= 11 is 0. The van der Waals surface area contributed by atoms with Gasteiger partial charge in [-0.1, -0.05) is 5.16 Å². The summed E-state index contributed by atoms with van der Waals surface area (Å²) in [5.74, 6) is 1.22. The van der Waals surface area contributed by atoms with Crippen LogP contribution in [0.4, 0.5) is 0 Å². The Morgan fingerprint density at radius 3 is 2.96 bits per heavy atom. The molecule has 1 saturated heterocycles. The fourth-order valence-electron chi connectivity index (χ4n) is 2.48. The zero-order valence-electron chi connectivity index (χ0n) is 12.2. The van der Waals surface area contributed by atoms with Crippen LogP contribution in [0.3, 0.4) is 0 Å². The van der Waals surface area contributed by atoms with E-state index in [4.69, 9.17) is 4.52 Å². The normalized spacial score (nSPS) is 14.7. The maximum absolute atomic E-state index is 12.1. The van der Waals surface area contributed by atoms with Crippen molar-refractivity contribution in [1.82, 2.24) is 29.8 Å². The second-order valence-corrected chi connectivity index (χ2v) is 5.40. The second kappa shape index (κ2) is 5.64. The molecule has 0 radical (unpaired) electrons.